The van der Waals surface area contributed by atoms with E-state index in [1.54, 1.807) is 0 Å². The average molecular weight is 424 g/mol. The third-order valence-electron chi connectivity index (χ3n) is 6.79. The summed E-state index contributed by atoms with van der Waals surface area (Å²) in [6.07, 6.45) is 34.9. The zero-order chi connectivity index (χ0) is 22.0. The average Bonchev–Trinajstić information content (AvgIpc) is 2.75. The maximum absolute atomic E-state index is 2.57. The third-order valence-corrected chi connectivity index (χ3v) is 6.79. The molecule has 0 heterocycles. The summed E-state index contributed by atoms with van der Waals surface area (Å²) in [5.41, 5.74) is 0. The molecule has 0 spiro atoms. The lowest BCUT2D eigenvalue weighted by Gasteiger charge is -2.16. The SMILES string of the molecule is CCCCCCCCCCCCCCCCN(C)CCCCCCCCCCCC. The van der Waals surface area contributed by atoms with Gasteiger partial charge in [0.25, 0.3) is 0 Å². The van der Waals surface area contributed by atoms with E-state index in [0.717, 1.165) is 0 Å². The molecule has 0 aliphatic carbocycles. The molecule has 1 heteroatoms. The quantitative estimate of drug-likeness (QED) is 0.125. The van der Waals surface area contributed by atoms with Gasteiger partial charge >= 0.3 is 0 Å². The molecule has 0 amide bonds. The second kappa shape index (κ2) is 27.0. The van der Waals surface area contributed by atoms with Crippen molar-refractivity contribution in [2.45, 2.75) is 168 Å². The topological polar surface area (TPSA) is 3.24 Å². The van der Waals surface area contributed by atoms with E-state index in [1.807, 2.05) is 0 Å². The molecule has 0 aromatic rings. The molecule has 0 aliphatic rings. The largest absolute Gasteiger partial charge is 0.306 e. The molecule has 0 N–H and O–H groups in total. The fourth-order valence-corrected chi connectivity index (χ4v) is 4.56. The molecule has 0 saturated heterocycles. The van der Waals surface area contributed by atoms with Crippen molar-refractivity contribution in [1.82, 2.24) is 4.90 Å². The predicted molar refractivity (Wildman–Crippen MR) is 140 cm³/mol. The van der Waals surface area contributed by atoms with Gasteiger partial charge in [0.1, 0.15) is 0 Å². The van der Waals surface area contributed by atoms with Gasteiger partial charge in [0.15, 0.2) is 0 Å². The number of rotatable bonds is 26. The van der Waals surface area contributed by atoms with Crippen LogP contribution in [0.15, 0.2) is 0 Å². The van der Waals surface area contributed by atoms with Crippen molar-refractivity contribution in [3.63, 3.8) is 0 Å². The van der Waals surface area contributed by atoms with E-state index in [9.17, 15) is 0 Å². The van der Waals surface area contributed by atoms with Crippen LogP contribution in [0.3, 0.4) is 0 Å². The van der Waals surface area contributed by atoms with E-state index < -0.39 is 0 Å². The summed E-state index contributed by atoms with van der Waals surface area (Å²) in [5.74, 6) is 0. The van der Waals surface area contributed by atoms with E-state index in [0.29, 0.717) is 0 Å². The lowest BCUT2D eigenvalue weighted by molar-refractivity contribution is 0.314. The van der Waals surface area contributed by atoms with Crippen LogP contribution in [0.5, 0.6) is 0 Å². The highest BCUT2D eigenvalue weighted by atomic mass is 15.1. The summed E-state index contributed by atoms with van der Waals surface area (Å²) in [5, 5.41) is 0. The van der Waals surface area contributed by atoms with Crippen LogP contribution in [0.2, 0.25) is 0 Å². The Bertz CT molecular complexity index is 288. The standard InChI is InChI=1S/C29H61N/c1-4-6-8-10-12-14-16-17-18-19-21-23-25-27-29-30(3)28-26-24-22-20-15-13-11-9-7-5-2/h4-29H2,1-3H3. The third kappa shape index (κ3) is 26.0. The monoisotopic (exact) mass is 423 g/mol. The van der Waals surface area contributed by atoms with Crippen molar-refractivity contribution < 1.29 is 0 Å². The van der Waals surface area contributed by atoms with Crippen LogP contribution >= 0.6 is 0 Å². The van der Waals surface area contributed by atoms with Crippen molar-refractivity contribution in [2.75, 3.05) is 20.1 Å². The molecule has 0 rings (SSSR count). The van der Waals surface area contributed by atoms with Crippen LogP contribution in [-0.2, 0) is 0 Å². The van der Waals surface area contributed by atoms with E-state index in [1.165, 1.54) is 167 Å². The minimum Gasteiger partial charge on any atom is -0.306 e. The van der Waals surface area contributed by atoms with E-state index >= 15 is 0 Å². The molecule has 0 bridgehead atoms. The van der Waals surface area contributed by atoms with Gasteiger partial charge in [0, 0.05) is 0 Å². The van der Waals surface area contributed by atoms with Crippen LogP contribution in [0, 0.1) is 0 Å². The molecule has 0 saturated carbocycles. The summed E-state index contributed by atoms with van der Waals surface area (Å²) >= 11 is 0. The summed E-state index contributed by atoms with van der Waals surface area (Å²) in [7, 11) is 2.33. The predicted octanol–water partition coefficient (Wildman–Crippen LogP) is 10.3. The van der Waals surface area contributed by atoms with Gasteiger partial charge in [0.2, 0.25) is 0 Å². The summed E-state index contributed by atoms with van der Waals surface area (Å²) in [4.78, 5) is 2.57. The highest BCUT2D eigenvalue weighted by Gasteiger charge is 1.99. The fraction of sp³-hybridized carbons (Fsp3) is 1.00. The van der Waals surface area contributed by atoms with Gasteiger partial charge in [-0.15, -0.1) is 0 Å². The van der Waals surface area contributed by atoms with Crippen molar-refractivity contribution in [3.05, 3.63) is 0 Å². The van der Waals surface area contributed by atoms with Crippen LogP contribution in [0.1, 0.15) is 168 Å². The van der Waals surface area contributed by atoms with E-state index in [2.05, 4.69) is 25.8 Å². The van der Waals surface area contributed by atoms with Crippen LogP contribution in [0.25, 0.3) is 0 Å². The zero-order valence-electron chi connectivity index (χ0n) is 21.8. The normalized spacial score (nSPS) is 11.6. The van der Waals surface area contributed by atoms with Crippen LogP contribution in [0.4, 0.5) is 0 Å². The van der Waals surface area contributed by atoms with Crippen molar-refractivity contribution in [1.29, 1.82) is 0 Å². The molecule has 0 aliphatic heterocycles. The number of nitrogens with zero attached hydrogens (tertiary/aromatic N) is 1. The number of unbranched alkanes of at least 4 members (excludes halogenated alkanes) is 22. The molecular weight excluding hydrogens is 362 g/mol. The van der Waals surface area contributed by atoms with Crippen molar-refractivity contribution in [3.8, 4) is 0 Å². The van der Waals surface area contributed by atoms with Gasteiger partial charge in [-0.2, -0.15) is 0 Å². The van der Waals surface area contributed by atoms with Gasteiger partial charge in [-0.1, -0.05) is 155 Å². The number of hydrogen-bond donors (Lipinski definition) is 0. The zero-order valence-corrected chi connectivity index (χ0v) is 21.8. The van der Waals surface area contributed by atoms with Crippen LogP contribution < -0.4 is 0 Å². The van der Waals surface area contributed by atoms with Gasteiger partial charge in [-0.25, -0.2) is 0 Å². The molecular formula is C29H61N. The lowest BCUT2D eigenvalue weighted by atomic mass is 10.0. The number of hydrogen-bond acceptors (Lipinski definition) is 1. The summed E-state index contributed by atoms with van der Waals surface area (Å²) in [6, 6.07) is 0. The summed E-state index contributed by atoms with van der Waals surface area (Å²) in [6.45, 7) is 7.23. The second-order valence-corrected chi connectivity index (χ2v) is 10.1. The Morgan fingerprint density at radius 1 is 0.300 bits per heavy atom. The van der Waals surface area contributed by atoms with Gasteiger partial charge in [-0.05, 0) is 33.0 Å². The Balaban J connectivity index is 3.12. The van der Waals surface area contributed by atoms with Crippen LogP contribution in [-0.4, -0.2) is 25.0 Å². The molecule has 182 valence electrons. The molecule has 0 radical (unpaired) electrons. The van der Waals surface area contributed by atoms with Crippen molar-refractivity contribution in [2.24, 2.45) is 0 Å². The first-order chi connectivity index (χ1) is 14.8. The van der Waals surface area contributed by atoms with Gasteiger partial charge < -0.3 is 4.90 Å². The minimum absolute atomic E-state index is 1.31. The lowest BCUT2D eigenvalue weighted by Crippen LogP contribution is -2.20. The second-order valence-electron chi connectivity index (χ2n) is 10.1. The fourth-order valence-electron chi connectivity index (χ4n) is 4.56. The Kier molecular flexibility index (Phi) is 27.0. The maximum Gasteiger partial charge on any atom is -0.00218 e. The molecule has 30 heavy (non-hydrogen) atoms. The highest BCUT2D eigenvalue weighted by Crippen LogP contribution is 2.13. The Morgan fingerprint density at radius 2 is 0.500 bits per heavy atom. The van der Waals surface area contributed by atoms with Gasteiger partial charge in [0.05, 0.1) is 0 Å². The molecule has 0 unspecified atom stereocenters. The first-order valence-corrected chi connectivity index (χ1v) is 14.5. The van der Waals surface area contributed by atoms with E-state index in [4.69, 9.17) is 0 Å². The first-order valence-electron chi connectivity index (χ1n) is 14.5. The highest BCUT2D eigenvalue weighted by molar-refractivity contribution is 4.55. The molecule has 1 nitrogen and oxygen atoms in total. The Labute approximate surface area is 193 Å². The van der Waals surface area contributed by atoms with E-state index in [-0.39, 0.29) is 0 Å². The molecule has 0 aromatic heterocycles. The molecule has 0 fully saturated rings. The maximum atomic E-state index is 2.57. The minimum atomic E-state index is 1.31. The summed E-state index contributed by atoms with van der Waals surface area (Å²) < 4.78 is 0. The van der Waals surface area contributed by atoms with Gasteiger partial charge in [-0.3, -0.25) is 0 Å². The van der Waals surface area contributed by atoms with Crippen molar-refractivity contribution >= 4 is 0 Å². The Morgan fingerprint density at radius 3 is 0.733 bits per heavy atom. The molecule has 0 atom stereocenters. The molecule has 0 aromatic carbocycles. The first kappa shape index (κ1) is 30.0. The Hall–Kier alpha value is -0.0400. The smallest absolute Gasteiger partial charge is 0.00218 e.